The van der Waals surface area contributed by atoms with Crippen LogP contribution in [-0.4, -0.2) is 12.8 Å². The number of rotatable bonds is 4. The van der Waals surface area contributed by atoms with Crippen molar-refractivity contribution in [1.82, 2.24) is 5.32 Å². The Hall–Kier alpha value is -1.71. The highest BCUT2D eigenvalue weighted by Gasteiger charge is 2.06. The van der Waals surface area contributed by atoms with E-state index in [1.165, 1.54) is 6.08 Å². The molecule has 1 aromatic carbocycles. The average Bonchev–Trinajstić information content (AvgIpc) is 2.16. The summed E-state index contributed by atoms with van der Waals surface area (Å²) < 4.78 is 24.3. The molecule has 0 aliphatic heterocycles. The van der Waals surface area contributed by atoms with Gasteiger partial charge in [0.2, 0.25) is 0 Å². The molecular formula is C11H12F2N2. The molecule has 0 fully saturated rings. The Morgan fingerprint density at radius 2 is 2.20 bits per heavy atom. The first kappa shape index (κ1) is 11.4. The number of nitrogens with one attached hydrogen (secondary N) is 2. The largest absolute Gasteiger partial charge is 0.329 e. The maximum atomic E-state index is 12.2. The molecule has 4 heteroatoms. The van der Waals surface area contributed by atoms with Crippen LogP contribution < -0.4 is 5.32 Å². The molecule has 1 aromatic rings. The summed E-state index contributed by atoms with van der Waals surface area (Å²) in [6.45, 7) is -0.745. The van der Waals surface area contributed by atoms with Crippen molar-refractivity contribution in [3.8, 4) is 0 Å². The highest BCUT2D eigenvalue weighted by molar-refractivity contribution is 5.82. The van der Waals surface area contributed by atoms with Crippen molar-refractivity contribution in [2.45, 2.75) is 13.5 Å². The lowest BCUT2D eigenvalue weighted by Gasteiger charge is -2.10. The number of benzene rings is 1. The van der Waals surface area contributed by atoms with Crippen LogP contribution in [0, 0.1) is 12.3 Å². The Labute approximate surface area is 87.1 Å². The minimum absolute atomic E-state index is 0.253. The molecule has 0 aromatic heterocycles. The molecule has 80 valence electrons. The lowest BCUT2D eigenvalue weighted by Crippen LogP contribution is -2.18. The van der Waals surface area contributed by atoms with Gasteiger partial charge in [-0.3, -0.25) is 0 Å². The zero-order valence-corrected chi connectivity index (χ0v) is 8.30. The van der Waals surface area contributed by atoms with Crippen LogP contribution in [0.3, 0.4) is 0 Å². The zero-order chi connectivity index (χ0) is 11.3. The molecule has 2 nitrogen and oxygen atoms in total. The van der Waals surface area contributed by atoms with E-state index in [-0.39, 0.29) is 5.70 Å². The number of hydrogen-bond donors (Lipinski definition) is 2. The number of aryl methyl sites for hydroxylation is 1. The third kappa shape index (κ3) is 3.50. The predicted octanol–water partition coefficient (Wildman–Crippen LogP) is 2.80. The van der Waals surface area contributed by atoms with Crippen molar-refractivity contribution in [2.24, 2.45) is 0 Å². The smallest absolute Gasteiger partial charge is 0.312 e. The normalized spacial score (nSPS) is 11.6. The average molecular weight is 210 g/mol. The highest BCUT2D eigenvalue weighted by Crippen LogP contribution is 2.14. The summed E-state index contributed by atoms with van der Waals surface area (Å²) in [6, 6.07) is 7.17. The van der Waals surface area contributed by atoms with Gasteiger partial charge in [-0.1, -0.05) is 23.8 Å². The molecule has 0 unspecified atom stereocenters. The minimum Gasteiger partial charge on any atom is -0.329 e. The fourth-order valence-electron chi connectivity index (χ4n) is 1.24. The van der Waals surface area contributed by atoms with Crippen molar-refractivity contribution >= 4 is 11.9 Å². The Kier molecular flexibility index (Phi) is 3.97. The number of halogens is 2. The molecule has 0 spiro atoms. The van der Waals surface area contributed by atoms with Crippen molar-refractivity contribution in [1.29, 1.82) is 5.41 Å². The molecule has 1 rings (SSSR count). The molecule has 0 heterocycles. The van der Waals surface area contributed by atoms with Gasteiger partial charge in [0.25, 0.3) is 0 Å². The SMILES string of the molecule is Cc1cccc(/C(=C/C=N)NC(F)F)c1. The second kappa shape index (κ2) is 5.24. The van der Waals surface area contributed by atoms with Crippen molar-refractivity contribution in [2.75, 3.05) is 0 Å². The van der Waals surface area contributed by atoms with Gasteiger partial charge in [0, 0.05) is 11.9 Å². The number of hydrogen-bond acceptors (Lipinski definition) is 2. The molecule has 0 radical (unpaired) electrons. The number of allylic oxidation sites excluding steroid dienone is 1. The summed E-state index contributed by atoms with van der Waals surface area (Å²) in [6.07, 6.45) is 2.29. The Bertz CT molecular complexity index is 373. The Balaban J connectivity index is 2.99. The maximum absolute atomic E-state index is 12.2. The van der Waals surface area contributed by atoms with E-state index < -0.39 is 6.55 Å². The van der Waals surface area contributed by atoms with E-state index in [4.69, 9.17) is 5.41 Å². The highest BCUT2D eigenvalue weighted by atomic mass is 19.3. The van der Waals surface area contributed by atoms with Gasteiger partial charge in [0.05, 0.1) is 0 Å². The maximum Gasteiger partial charge on any atom is 0.312 e. The topological polar surface area (TPSA) is 35.9 Å². The molecule has 15 heavy (non-hydrogen) atoms. The Morgan fingerprint density at radius 3 is 2.73 bits per heavy atom. The van der Waals surface area contributed by atoms with Crippen LogP contribution in [-0.2, 0) is 0 Å². The molecule has 0 aliphatic rings. The van der Waals surface area contributed by atoms with Gasteiger partial charge in [-0.25, -0.2) is 0 Å². The third-order valence-corrected chi connectivity index (χ3v) is 1.84. The molecule has 0 saturated carbocycles. The second-order valence-corrected chi connectivity index (χ2v) is 3.06. The fraction of sp³-hybridized carbons (Fsp3) is 0.182. The molecule has 2 N–H and O–H groups in total. The van der Waals surface area contributed by atoms with Crippen molar-refractivity contribution in [3.63, 3.8) is 0 Å². The summed E-state index contributed by atoms with van der Waals surface area (Å²) in [5.41, 5.74) is 1.89. The van der Waals surface area contributed by atoms with E-state index in [9.17, 15) is 8.78 Å². The van der Waals surface area contributed by atoms with Gasteiger partial charge in [-0.15, -0.1) is 0 Å². The standard InChI is InChI=1S/C11H12F2N2/c1-8-3-2-4-9(7-8)10(5-6-14)15-11(12)13/h2-7,11,14-15H,1H3/b10-5-,14-6?. The first-order chi connectivity index (χ1) is 7.13. The minimum atomic E-state index is -2.63. The van der Waals surface area contributed by atoms with Crippen molar-refractivity contribution in [3.05, 3.63) is 41.5 Å². The van der Waals surface area contributed by atoms with Crippen LogP contribution >= 0.6 is 0 Å². The summed E-state index contributed by atoms with van der Waals surface area (Å²) in [4.78, 5) is 0. The second-order valence-electron chi connectivity index (χ2n) is 3.06. The van der Waals surface area contributed by atoms with Crippen LogP contribution in [0.2, 0.25) is 0 Å². The molecule has 0 atom stereocenters. The van der Waals surface area contributed by atoms with E-state index in [0.29, 0.717) is 5.56 Å². The van der Waals surface area contributed by atoms with Gasteiger partial charge in [-0.05, 0) is 24.6 Å². The molecule has 0 aliphatic carbocycles. The number of alkyl halides is 2. The van der Waals surface area contributed by atoms with Crippen LogP contribution in [0.25, 0.3) is 5.70 Å². The van der Waals surface area contributed by atoms with Gasteiger partial charge in [-0.2, -0.15) is 8.78 Å². The van der Waals surface area contributed by atoms with Crippen molar-refractivity contribution < 1.29 is 8.78 Å². The Morgan fingerprint density at radius 1 is 1.47 bits per heavy atom. The molecule has 0 bridgehead atoms. The van der Waals surface area contributed by atoms with Crippen LogP contribution in [0.15, 0.2) is 30.3 Å². The quantitative estimate of drug-likeness (QED) is 0.581. The lowest BCUT2D eigenvalue weighted by molar-refractivity contribution is 0.129. The monoisotopic (exact) mass is 210 g/mol. The summed E-state index contributed by atoms with van der Waals surface area (Å²) in [7, 11) is 0. The van der Waals surface area contributed by atoms with Gasteiger partial charge in [0.1, 0.15) is 0 Å². The van der Waals surface area contributed by atoms with Gasteiger partial charge < -0.3 is 10.7 Å². The van der Waals surface area contributed by atoms with E-state index in [0.717, 1.165) is 11.8 Å². The predicted molar refractivity (Wildman–Crippen MR) is 57.1 cm³/mol. The summed E-state index contributed by atoms with van der Waals surface area (Å²) >= 11 is 0. The zero-order valence-electron chi connectivity index (χ0n) is 8.30. The van der Waals surface area contributed by atoms with E-state index in [1.807, 2.05) is 18.3 Å². The van der Waals surface area contributed by atoms with Crippen LogP contribution in [0.4, 0.5) is 8.78 Å². The van der Waals surface area contributed by atoms with Gasteiger partial charge >= 0.3 is 6.55 Å². The van der Waals surface area contributed by atoms with Gasteiger partial charge in [0.15, 0.2) is 0 Å². The summed E-state index contributed by atoms with van der Waals surface area (Å²) in [5, 5.41) is 8.89. The molecule has 0 saturated heterocycles. The first-order valence-corrected chi connectivity index (χ1v) is 4.46. The lowest BCUT2D eigenvalue weighted by atomic mass is 10.1. The van der Waals surface area contributed by atoms with Crippen LogP contribution in [0.1, 0.15) is 11.1 Å². The van der Waals surface area contributed by atoms with E-state index >= 15 is 0 Å². The molecular weight excluding hydrogens is 198 g/mol. The third-order valence-electron chi connectivity index (χ3n) is 1.84. The van der Waals surface area contributed by atoms with E-state index in [1.54, 1.807) is 18.2 Å². The first-order valence-electron chi connectivity index (χ1n) is 4.46. The van der Waals surface area contributed by atoms with E-state index in [2.05, 4.69) is 0 Å². The molecule has 0 amide bonds. The summed E-state index contributed by atoms with van der Waals surface area (Å²) in [5.74, 6) is 0. The van der Waals surface area contributed by atoms with Crippen LogP contribution in [0.5, 0.6) is 0 Å². The fourth-order valence-corrected chi connectivity index (χ4v) is 1.24.